The van der Waals surface area contributed by atoms with E-state index in [0.29, 0.717) is 23.0 Å². The van der Waals surface area contributed by atoms with Crippen molar-refractivity contribution in [2.24, 2.45) is 45.1 Å². The zero-order valence-electron chi connectivity index (χ0n) is 18.9. The molecule has 0 aromatic rings. The van der Waals surface area contributed by atoms with Gasteiger partial charge in [0.2, 0.25) is 0 Å². The number of carbonyl (C=O) groups is 1. The van der Waals surface area contributed by atoms with E-state index in [1.165, 1.54) is 31.4 Å². The molecule has 0 bridgehead atoms. The lowest BCUT2D eigenvalue weighted by atomic mass is 9.41. The first-order chi connectivity index (χ1) is 13.8. The Morgan fingerprint density at radius 3 is 2.55 bits per heavy atom. The van der Waals surface area contributed by atoms with Crippen molar-refractivity contribution >= 4 is 11.5 Å². The molecule has 4 nitrogen and oxygen atoms in total. The zero-order chi connectivity index (χ0) is 20.4. The van der Waals surface area contributed by atoms with Crippen LogP contribution >= 0.6 is 0 Å². The molecule has 0 radical (unpaired) electrons. The standard InChI is InChI=1S/C25H40N2O2/c1-23(2)20-7-5-17-18-6-8-22(28)25(18,4)12-9-19(17)24(20,3)13-10-21(23)27-29-16-11-14-26-15-16/h16-20,26H,5-15H2,1-4H3/b27-21+/t16-,17+,18+,19-,20?,24-,25+/m1/s1. The molecule has 0 aromatic carbocycles. The number of oxime groups is 1. The largest absolute Gasteiger partial charge is 0.391 e. The van der Waals surface area contributed by atoms with Gasteiger partial charge in [0.25, 0.3) is 0 Å². The lowest BCUT2D eigenvalue weighted by molar-refractivity contribution is -0.141. The third-order valence-electron chi connectivity index (χ3n) is 10.4. The van der Waals surface area contributed by atoms with Crippen molar-refractivity contribution in [1.29, 1.82) is 0 Å². The fraction of sp³-hybridized carbons (Fsp3) is 0.920. The number of Topliss-reactive ketones (excluding diaryl/α,β-unsaturated/α-hetero) is 1. The number of nitrogens with zero attached hydrogens (tertiary/aromatic N) is 1. The predicted octanol–water partition coefficient (Wildman–Crippen LogP) is 4.97. The predicted molar refractivity (Wildman–Crippen MR) is 116 cm³/mol. The third-order valence-corrected chi connectivity index (χ3v) is 10.4. The van der Waals surface area contributed by atoms with Gasteiger partial charge in [0.15, 0.2) is 0 Å². The lowest BCUT2D eigenvalue weighted by Crippen LogP contribution is -2.58. The molecular formula is C25H40N2O2. The second kappa shape index (κ2) is 6.80. The van der Waals surface area contributed by atoms with E-state index in [1.807, 2.05) is 0 Å². The van der Waals surface area contributed by atoms with Crippen LogP contribution in [0.15, 0.2) is 5.16 Å². The molecule has 5 rings (SSSR count). The van der Waals surface area contributed by atoms with Gasteiger partial charge in [-0.05, 0) is 80.6 Å². The minimum Gasteiger partial charge on any atom is -0.391 e. The molecule has 0 aromatic heterocycles. The summed E-state index contributed by atoms with van der Waals surface area (Å²) in [6.07, 6.45) is 10.6. The Balaban J connectivity index is 1.38. The number of hydrogen-bond acceptors (Lipinski definition) is 4. The Morgan fingerprint density at radius 2 is 1.79 bits per heavy atom. The van der Waals surface area contributed by atoms with Crippen LogP contribution in [-0.2, 0) is 9.63 Å². The Kier molecular flexibility index (Phi) is 4.70. The summed E-state index contributed by atoms with van der Waals surface area (Å²) in [6, 6.07) is 0. The van der Waals surface area contributed by atoms with Gasteiger partial charge < -0.3 is 10.2 Å². The molecule has 1 aliphatic heterocycles. The van der Waals surface area contributed by atoms with Crippen LogP contribution in [0.3, 0.4) is 0 Å². The third kappa shape index (κ3) is 2.87. The van der Waals surface area contributed by atoms with E-state index in [9.17, 15) is 4.79 Å². The zero-order valence-corrected chi connectivity index (χ0v) is 18.9. The monoisotopic (exact) mass is 400 g/mol. The molecule has 7 atom stereocenters. The van der Waals surface area contributed by atoms with Crippen LogP contribution < -0.4 is 5.32 Å². The lowest BCUT2D eigenvalue weighted by Gasteiger charge is -2.63. The summed E-state index contributed by atoms with van der Waals surface area (Å²) < 4.78 is 0. The summed E-state index contributed by atoms with van der Waals surface area (Å²) in [7, 11) is 0. The maximum Gasteiger partial charge on any atom is 0.141 e. The molecular weight excluding hydrogens is 360 g/mol. The fourth-order valence-corrected chi connectivity index (χ4v) is 8.70. The van der Waals surface area contributed by atoms with E-state index < -0.39 is 0 Å². The summed E-state index contributed by atoms with van der Waals surface area (Å²) in [5, 5.41) is 8.12. The van der Waals surface area contributed by atoms with Crippen molar-refractivity contribution in [2.75, 3.05) is 13.1 Å². The molecule has 4 aliphatic carbocycles. The second-order valence-electron chi connectivity index (χ2n) is 11.9. The highest BCUT2D eigenvalue weighted by Crippen LogP contribution is 2.67. The number of hydrogen-bond donors (Lipinski definition) is 1. The molecule has 29 heavy (non-hydrogen) atoms. The van der Waals surface area contributed by atoms with Crippen LogP contribution in [0.5, 0.6) is 0 Å². The number of carbonyl (C=O) groups excluding carboxylic acids is 1. The van der Waals surface area contributed by atoms with Crippen molar-refractivity contribution in [3.05, 3.63) is 0 Å². The molecule has 1 N–H and O–H groups in total. The SMILES string of the molecule is CC1(C)/C(=N/O[C@@H]2CCNC2)CC[C@@]2(C)C1CC[C@@H]1[C@H]2CC[C@]2(C)C(=O)CC[C@@H]12. The Bertz CT molecular complexity index is 710. The molecule has 1 unspecified atom stereocenters. The van der Waals surface area contributed by atoms with Crippen molar-refractivity contribution < 1.29 is 9.63 Å². The van der Waals surface area contributed by atoms with E-state index in [0.717, 1.165) is 57.0 Å². The van der Waals surface area contributed by atoms with Crippen molar-refractivity contribution in [1.82, 2.24) is 5.32 Å². The number of rotatable bonds is 2. The summed E-state index contributed by atoms with van der Waals surface area (Å²) in [5.41, 5.74) is 1.77. The molecule has 1 saturated heterocycles. The van der Waals surface area contributed by atoms with Crippen LogP contribution in [0, 0.1) is 39.9 Å². The minimum absolute atomic E-state index is 0.00960. The maximum absolute atomic E-state index is 12.7. The Morgan fingerprint density at radius 1 is 0.966 bits per heavy atom. The van der Waals surface area contributed by atoms with Crippen LogP contribution in [0.25, 0.3) is 0 Å². The van der Waals surface area contributed by atoms with Crippen LogP contribution in [0.1, 0.15) is 85.5 Å². The molecule has 0 spiro atoms. The smallest absolute Gasteiger partial charge is 0.141 e. The fourth-order valence-electron chi connectivity index (χ4n) is 8.70. The average Bonchev–Trinajstić information content (AvgIpc) is 3.29. The van der Waals surface area contributed by atoms with Gasteiger partial charge in [-0.3, -0.25) is 4.79 Å². The van der Waals surface area contributed by atoms with Gasteiger partial charge in [-0.25, -0.2) is 0 Å². The molecule has 4 heteroatoms. The second-order valence-corrected chi connectivity index (χ2v) is 11.9. The first-order valence-corrected chi connectivity index (χ1v) is 12.2. The van der Waals surface area contributed by atoms with Crippen molar-refractivity contribution in [3.8, 4) is 0 Å². The first kappa shape index (κ1) is 20.0. The Hall–Kier alpha value is -0.900. The van der Waals surface area contributed by atoms with Gasteiger partial charge >= 0.3 is 0 Å². The summed E-state index contributed by atoms with van der Waals surface area (Å²) in [4.78, 5) is 18.6. The van der Waals surface area contributed by atoms with Gasteiger partial charge in [-0.15, -0.1) is 0 Å². The summed E-state index contributed by atoms with van der Waals surface area (Å²) in [5.74, 6) is 3.42. The highest BCUT2D eigenvalue weighted by molar-refractivity contribution is 5.90. The van der Waals surface area contributed by atoms with Crippen LogP contribution in [0.4, 0.5) is 0 Å². The average molecular weight is 401 g/mol. The van der Waals surface area contributed by atoms with Gasteiger partial charge in [-0.1, -0.05) is 32.9 Å². The first-order valence-electron chi connectivity index (χ1n) is 12.2. The van der Waals surface area contributed by atoms with E-state index in [2.05, 4.69) is 33.0 Å². The Labute approximate surface area is 176 Å². The summed E-state index contributed by atoms with van der Waals surface area (Å²) in [6.45, 7) is 11.7. The van der Waals surface area contributed by atoms with E-state index >= 15 is 0 Å². The van der Waals surface area contributed by atoms with Crippen LogP contribution in [0.2, 0.25) is 0 Å². The molecule has 1 heterocycles. The number of fused-ring (bicyclic) bond motifs is 5. The highest BCUT2D eigenvalue weighted by Gasteiger charge is 2.62. The number of ketones is 1. The molecule has 5 aliphatic rings. The van der Waals surface area contributed by atoms with Gasteiger partial charge in [0.1, 0.15) is 11.9 Å². The van der Waals surface area contributed by atoms with Gasteiger partial charge in [-0.2, -0.15) is 0 Å². The van der Waals surface area contributed by atoms with Crippen molar-refractivity contribution in [3.63, 3.8) is 0 Å². The van der Waals surface area contributed by atoms with E-state index in [-0.39, 0.29) is 16.9 Å². The summed E-state index contributed by atoms with van der Waals surface area (Å²) >= 11 is 0. The van der Waals surface area contributed by atoms with Gasteiger partial charge in [0.05, 0.1) is 5.71 Å². The van der Waals surface area contributed by atoms with Crippen molar-refractivity contribution in [2.45, 2.75) is 91.6 Å². The maximum atomic E-state index is 12.7. The molecule has 5 fully saturated rings. The van der Waals surface area contributed by atoms with E-state index in [1.54, 1.807) is 0 Å². The minimum atomic E-state index is -0.00960. The normalized spacial score (nSPS) is 50.1. The number of nitrogens with one attached hydrogen (secondary N) is 1. The van der Waals surface area contributed by atoms with E-state index in [4.69, 9.17) is 9.99 Å². The molecule has 4 saturated carbocycles. The van der Waals surface area contributed by atoms with Gasteiger partial charge in [0, 0.05) is 30.2 Å². The molecule has 0 amide bonds. The topological polar surface area (TPSA) is 50.7 Å². The quantitative estimate of drug-likeness (QED) is 0.666. The molecule has 162 valence electrons. The van der Waals surface area contributed by atoms with Crippen LogP contribution in [-0.4, -0.2) is 30.7 Å². The highest BCUT2D eigenvalue weighted by atomic mass is 16.6.